The molecule has 2 aliphatic rings. The molecule has 0 spiro atoms. The lowest BCUT2D eigenvalue weighted by Crippen LogP contribution is -2.13. The van der Waals surface area contributed by atoms with E-state index in [0.717, 1.165) is 11.1 Å². The second-order valence-corrected chi connectivity index (χ2v) is 7.28. The van der Waals surface area contributed by atoms with E-state index >= 15 is 0 Å². The zero-order chi connectivity index (χ0) is 21.0. The lowest BCUT2D eigenvalue weighted by atomic mass is 9.99. The van der Waals surface area contributed by atoms with Gasteiger partial charge in [-0.15, -0.1) is 0 Å². The molecule has 5 rings (SSSR count). The highest BCUT2D eigenvalue weighted by Gasteiger charge is 2.32. The van der Waals surface area contributed by atoms with Gasteiger partial charge in [-0.05, 0) is 30.2 Å². The van der Waals surface area contributed by atoms with Crippen molar-refractivity contribution in [3.05, 3.63) is 52.4 Å². The molecule has 3 heterocycles. The predicted octanol–water partition coefficient (Wildman–Crippen LogP) is 4.09. The average molecular weight is 408 g/mol. The Hall–Kier alpha value is -3.61. The fourth-order valence-corrected chi connectivity index (χ4v) is 4.00. The van der Waals surface area contributed by atoms with Gasteiger partial charge in [-0.25, -0.2) is 4.79 Å². The van der Waals surface area contributed by atoms with Crippen molar-refractivity contribution in [2.24, 2.45) is 0 Å². The minimum Gasteiger partial charge on any atom is -0.495 e. The molecule has 1 aromatic heterocycles. The molecule has 0 radical (unpaired) electrons. The summed E-state index contributed by atoms with van der Waals surface area (Å²) < 4.78 is 34.0. The number of hydrogen-bond acceptors (Lipinski definition) is 7. The highest BCUT2D eigenvalue weighted by Crippen LogP contribution is 2.48. The molecule has 2 aromatic carbocycles. The SMILES string of the molecule is C=C(C)C1Cc2c(cc3oc(=O)c(-c4ccc5c(c4)OCO5)c(OC)c3c2OC)O1. The summed E-state index contributed by atoms with van der Waals surface area (Å²) in [4.78, 5) is 13.0. The Morgan fingerprint density at radius 1 is 1.07 bits per heavy atom. The number of fused-ring (bicyclic) bond motifs is 3. The standard InChI is InChI=1S/C23H20O7/c1-11(2)15-8-13-16(29-15)9-18-20(21(13)25-3)22(26-4)19(23(24)30-18)12-5-6-14-17(7-12)28-10-27-14/h5-7,9,15H,1,8,10H2,2-4H3. The molecule has 0 N–H and O–H groups in total. The van der Waals surface area contributed by atoms with E-state index in [-0.39, 0.29) is 18.5 Å². The molecule has 0 bridgehead atoms. The van der Waals surface area contributed by atoms with Crippen LogP contribution in [0.15, 0.2) is 45.6 Å². The molecule has 2 aliphatic heterocycles. The first-order chi connectivity index (χ1) is 14.5. The van der Waals surface area contributed by atoms with E-state index in [1.807, 2.05) is 6.92 Å². The third kappa shape index (κ3) is 2.62. The van der Waals surface area contributed by atoms with Crippen LogP contribution in [0.1, 0.15) is 12.5 Å². The van der Waals surface area contributed by atoms with Gasteiger partial charge in [-0.2, -0.15) is 0 Å². The van der Waals surface area contributed by atoms with Crippen LogP contribution in [0.5, 0.6) is 28.7 Å². The summed E-state index contributed by atoms with van der Waals surface area (Å²) >= 11 is 0. The molecular formula is C23H20O7. The van der Waals surface area contributed by atoms with Crippen molar-refractivity contribution >= 4 is 11.0 Å². The molecule has 0 fully saturated rings. The van der Waals surface area contributed by atoms with Gasteiger partial charge in [-0.1, -0.05) is 12.6 Å². The highest BCUT2D eigenvalue weighted by molar-refractivity contribution is 5.97. The molecule has 0 aliphatic carbocycles. The topological polar surface area (TPSA) is 76.4 Å². The molecule has 7 nitrogen and oxygen atoms in total. The quantitative estimate of drug-likeness (QED) is 0.475. The van der Waals surface area contributed by atoms with Gasteiger partial charge in [0.1, 0.15) is 39.9 Å². The monoisotopic (exact) mass is 408 g/mol. The highest BCUT2D eigenvalue weighted by atomic mass is 16.7. The largest absolute Gasteiger partial charge is 0.495 e. The van der Waals surface area contributed by atoms with Gasteiger partial charge in [0.15, 0.2) is 11.5 Å². The molecular weight excluding hydrogens is 388 g/mol. The number of benzene rings is 2. The molecule has 30 heavy (non-hydrogen) atoms. The van der Waals surface area contributed by atoms with Crippen LogP contribution in [0.2, 0.25) is 0 Å². The number of ether oxygens (including phenoxy) is 5. The van der Waals surface area contributed by atoms with Gasteiger partial charge in [0.05, 0.1) is 14.2 Å². The van der Waals surface area contributed by atoms with E-state index in [0.29, 0.717) is 51.7 Å². The van der Waals surface area contributed by atoms with Crippen LogP contribution in [-0.4, -0.2) is 27.1 Å². The van der Waals surface area contributed by atoms with E-state index in [1.165, 1.54) is 7.11 Å². The smallest absolute Gasteiger partial charge is 0.348 e. The Labute approximate surface area is 172 Å². The summed E-state index contributed by atoms with van der Waals surface area (Å²) in [5, 5.41) is 0.581. The van der Waals surface area contributed by atoms with Crippen LogP contribution < -0.4 is 29.3 Å². The van der Waals surface area contributed by atoms with E-state index in [1.54, 1.807) is 31.4 Å². The maximum absolute atomic E-state index is 13.0. The van der Waals surface area contributed by atoms with E-state index in [9.17, 15) is 4.79 Å². The zero-order valence-electron chi connectivity index (χ0n) is 16.9. The minimum atomic E-state index is -0.533. The fraction of sp³-hybridized carbons (Fsp3) is 0.261. The first kappa shape index (κ1) is 18.4. The first-order valence-electron chi connectivity index (χ1n) is 9.48. The summed E-state index contributed by atoms with van der Waals surface area (Å²) in [5.41, 5.74) is 2.49. The van der Waals surface area contributed by atoms with E-state index < -0.39 is 5.63 Å². The number of rotatable bonds is 4. The van der Waals surface area contributed by atoms with Crippen LogP contribution in [0.3, 0.4) is 0 Å². The Morgan fingerprint density at radius 3 is 2.57 bits per heavy atom. The summed E-state index contributed by atoms with van der Waals surface area (Å²) in [6.45, 7) is 6.05. The van der Waals surface area contributed by atoms with Crippen LogP contribution >= 0.6 is 0 Å². The van der Waals surface area contributed by atoms with Gasteiger partial charge < -0.3 is 28.1 Å². The molecule has 3 aromatic rings. The Kier molecular flexibility index (Phi) is 4.13. The second kappa shape index (κ2) is 6.73. The predicted molar refractivity (Wildman–Crippen MR) is 110 cm³/mol. The second-order valence-electron chi connectivity index (χ2n) is 7.28. The Morgan fingerprint density at radius 2 is 1.83 bits per heavy atom. The third-order valence-electron chi connectivity index (χ3n) is 5.45. The summed E-state index contributed by atoms with van der Waals surface area (Å²) in [6, 6.07) is 6.98. The maximum atomic E-state index is 13.0. The third-order valence-corrected chi connectivity index (χ3v) is 5.45. The lowest BCUT2D eigenvalue weighted by Gasteiger charge is -2.15. The van der Waals surface area contributed by atoms with Crippen molar-refractivity contribution in [2.45, 2.75) is 19.4 Å². The number of hydrogen-bond donors (Lipinski definition) is 0. The van der Waals surface area contributed by atoms with Crippen molar-refractivity contribution in [3.8, 4) is 39.9 Å². The van der Waals surface area contributed by atoms with Crippen LogP contribution in [0.4, 0.5) is 0 Å². The average Bonchev–Trinajstić information content (AvgIpc) is 3.37. The number of methoxy groups -OCH3 is 2. The van der Waals surface area contributed by atoms with Gasteiger partial charge >= 0.3 is 5.63 Å². The minimum absolute atomic E-state index is 0.145. The summed E-state index contributed by atoms with van der Waals surface area (Å²) in [7, 11) is 3.10. The molecule has 1 unspecified atom stereocenters. The van der Waals surface area contributed by atoms with Crippen molar-refractivity contribution < 1.29 is 28.1 Å². The van der Waals surface area contributed by atoms with Gasteiger partial charge in [0.25, 0.3) is 0 Å². The van der Waals surface area contributed by atoms with Gasteiger partial charge in [-0.3, -0.25) is 0 Å². The van der Waals surface area contributed by atoms with Crippen LogP contribution in [0, 0.1) is 0 Å². The zero-order valence-corrected chi connectivity index (χ0v) is 16.9. The van der Waals surface area contributed by atoms with Crippen LogP contribution in [-0.2, 0) is 6.42 Å². The van der Waals surface area contributed by atoms with Gasteiger partial charge in [0, 0.05) is 18.1 Å². The summed E-state index contributed by atoms with van der Waals surface area (Å²) in [6.07, 6.45) is 0.461. The Balaban J connectivity index is 1.79. The van der Waals surface area contributed by atoms with E-state index in [4.69, 9.17) is 28.1 Å². The summed E-state index contributed by atoms with van der Waals surface area (Å²) in [5.74, 6) is 2.75. The molecule has 0 saturated carbocycles. The lowest BCUT2D eigenvalue weighted by molar-refractivity contribution is 0.174. The molecule has 1 atom stereocenters. The Bertz CT molecular complexity index is 1250. The first-order valence-corrected chi connectivity index (χ1v) is 9.48. The molecule has 7 heteroatoms. The fourth-order valence-electron chi connectivity index (χ4n) is 4.00. The molecule has 0 saturated heterocycles. The normalized spacial score (nSPS) is 16.3. The van der Waals surface area contributed by atoms with Crippen LogP contribution in [0.25, 0.3) is 22.1 Å². The van der Waals surface area contributed by atoms with Crippen molar-refractivity contribution in [1.82, 2.24) is 0 Å². The van der Waals surface area contributed by atoms with Crippen molar-refractivity contribution in [2.75, 3.05) is 21.0 Å². The molecule has 0 amide bonds. The van der Waals surface area contributed by atoms with E-state index in [2.05, 4.69) is 6.58 Å². The van der Waals surface area contributed by atoms with Gasteiger partial charge in [0.2, 0.25) is 6.79 Å². The van der Waals surface area contributed by atoms with Crippen molar-refractivity contribution in [1.29, 1.82) is 0 Å². The molecule has 154 valence electrons. The van der Waals surface area contributed by atoms with Crippen molar-refractivity contribution in [3.63, 3.8) is 0 Å². The maximum Gasteiger partial charge on any atom is 0.348 e.